The van der Waals surface area contributed by atoms with Gasteiger partial charge in [-0.05, 0) is 32.2 Å². The molecule has 0 radical (unpaired) electrons. The second kappa shape index (κ2) is 5.63. The molecule has 0 aromatic carbocycles. The fourth-order valence-electron chi connectivity index (χ4n) is 3.96. The van der Waals surface area contributed by atoms with Crippen molar-refractivity contribution in [2.45, 2.75) is 57.2 Å². The number of nitrogens with zero attached hydrogens (tertiary/aromatic N) is 3. The lowest BCUT2D eigenvalue weighted by molar-refractivity contribution is 0.118. The predicted molar refractivity (Wildman–Crippen MR) is 77.1 cm³/mol. The summed E-state index contributed by atoms with van der Waals surface area (Å²) in [6, 6.07) is 2.37. The third kappa shape index (κ3) is 2.70. The number of imidazole rings is 1. The Morgan fingerprint density at radius 1 is 1.32 bits per heavy atom. The first-order valence-corrected chi connectivity index (χ1v) is 7.73. The molecule has 2 saturated heterocycles. The second-order valence-corrected chi connectivity index (χ2v) is 6.05. The molecule has 2 atom stereocenters. The highest BCUT2D eigenvalue weighted by molar-refractivity contribution is 4.99. The minimum Gasteiger partial charge on any atom is -0.338 e. The number of rotatable bonds is 5. The molecule has 2 aliphatic heterocycles. The topological polar surface area (TPSA) is 33.1 Å². The Labute approximate surface area is 116 Å². The quantitative estimate of drug-likeness (QED) is 0.874. The van der Waals surface area contributed by atoms with Crippen molar-refractivity contribution in [3.8, 4) is 0 Å². The van der Waals surface area contributed by atoms with E-state index in [9.17, 15) is 0 Å². The second-order valence-electron chi connectivity index (χ2n) is 6.05. The van der Waals surface area contributed by atoms with Crippen LogP contribution in [0.1, 0.15) is 38.4 Å². The molecule has 0 aliphatic carbocycles. The fourth-order valence-corrected chi connectivity index (χ4v) is 3.96. The molecular formula is C15H26N4. The van der Waals surface area contributed by atoms with Gasteiger partial charge < -0.3 is 9.88 Å². The molecule has 2 aliphatic rings. The van der Waals surface area contributed by atoms with Gasteiger partial charge in [0.2, 0.25) is 0 Å². The molecule has 4 nitrogen and oxygen atoms in total. The summed E-state index contributed by atoms with van der Waals surface area (Å²) in [5, 5.41) is 3.64. The van der Waals surface area contributed by atoms with Gasteiger partial charge in [0, 0.05) is 50.5 Å². The van der Waals surface area contributed by atoms with E-state index < -0.39 is 0 Å². The number of nitrogens with one attached hydrogen (secondary N) is 1. The maximum Gasteiger partial charge on any atom is 0.109 e. The van der Waals surface area contributed by atoms with Gasteiger partial charge in [-0.2, -0.15) is 0 Å². The smallest absolute Gasteiger partial charge is 0.109 e. The Morgan fingerprint density at radius 3 is 2.63 bits per heavy atom. The highest BCUT2D eigenvalue weighted by atomic mass is 15.2. The summed E-state index contributed by atoms with van der Waals surface area (Å²) in [6.45, 7) is 4.51. The molecule has 19 heavy (non-hydrogen) atoms. The summed E-state index contributed by atoms with van der Waals surface area (Å²) < 4.78 is 2.15. The highest BCUT2D eigenvalue weighted by Gasteiger charge is 2.39. The van der Waals surface area contributed by atoms with E-state index in [1.165, 1.54) is 38.1 Å². The number of aromatic nitrogens is 2. The molecule has 0 spiro atoms. The third-order valence-corrected chi connectivity index (χ3v) is 4.89. The van der Waals surface area contributed by atoms with Gasteiger partial charge in [0.25, 0.3) is 0 Å². The largest absolute Gasteiger partial charge is 0.338 e. The van der Waals surface area contributed by atoms with E-state index in [1.54, 1.807) is 0 Å². The van der Waals surface area contributed by atoms with Crippen LogP contribution in [0.3, 0.4) is 0 Å². The van der Waals surface area contributed by atoms with Crippen LogP contribution in [-0.4, -0.2) is 45.7 Å². The minimum atomic E-state index is 0.756. The van der Waals surface area contributed by atoms with Crippen molar-refractivity contribution in [2.75, 3.05) is 13.1 Å². The molecule has 3 heterocycles. The van der Waals surface area contributed by atoms with Gasteiger partial charge in [0.15, 0.2) is 0 Å². The van der Waals surface area contributed by atoms with Crippen LogP contribution >= 0.6 is 0 Å². The van der Waals surface area contributed by atoms with Crippen LogP contribution < -0.4 is 5.32 Å². The van der Waals surface area contributed by atoms with Gasteiger partial charge >= 0.3 is 0 Å². The first-order chi connectivity index (χ1) is 9.28. The summed E-state index contributed by atoms with van der Waals surface area (Å²) in [5.41, 5.74) is 0. The lowest BCUT2D eigenvalue weighted by Crippen LogP contribution is -2.49. The molecule has 1 aromatic rings. The molecule has 3 rings (SSSR count). The monoisotopic (exact) mass is 262 g/mol. The van der Waals surface area contributed by atoms with Crippen molar-refractivity contribution in [2.24, 2.45) is 7.05 Å². The van der Waals surface area contributed by atoms with Gasteiger partial charge in [0.1, 0.15) is 5.82 Å². The van der Waals surface area contributed by atoms with Crippen molar-refractivity contribution in [1.29, 1.82) is 0 Å². The molecular weight excluding hydrogens is 236 g/mol. The van der Waals surface area contributed by atoms with Gasteiger partial charge in [0.05, 0.1) is 0 Å². The number of fused-ring (bicyclic) bond motifs is 2. The molecule has 2 bridgehead atoms. The summed E-state index contributed by atoms with van der Waals surface area (Å²) in [7, 11) is 2.09. The van der Waals surface area contributed by atoms with E-state index in [1.807, 2.05) is 12.4 Å². The zero-order chi connectivity index (χ0) is 13.2. The van der Waals surface area contributed by atoms with Crippen LogP contribution in [0.15, 0.2) is 12.4 Å². The van der Waals surface area contributed by atoms with Crippen molar-refractivity contribution in [3.05, 3.63) is 18.2 Å². The van der Waals surface area contributed by atoms with E-state index in [0.717, 1.165) is 31.1 Å². The fraction of sp³-hybridized carbons (Fsp3) is 0.800. The number of aryl methyl sites for hydroxylation is 1. The maximum atomic E-state index is 4.44. The molecule has 0 saturated carbocycles. The maximum absolute atomic E-state index is 4.44. The number of hydrogen-bond donors (Lipinski definition) is 1. The van der Waals surface area contributed by atoms with Crippen molar-refractivity contribution >= 4 is 0 Å². The minimum absolute atomic E-state index is 0.756. The van der Waals surface area contributed by atoms with Gasteiger partial charge in [-0.15, -0.1) is 0 Å². The molecule has 4 heteroatoms. The van der Waals surface area contributed by atoms with Crippen LogP contribution in [0.25, 0.3) is 0 Å². The van der Waals surface area contributed by atoms with Crippen molar-refractivity contribution < 1.29 is 0 Å². The van der Waals surface area contributed by atoms with Crippen LogP contribution in [0.4, 0.5) is 0 Å². The van der Waals surface area contributed by atoms with E-state index >= 15 is 0 Å². The van der Waals surface area contributed by atoms with Crippen LogP contribution in [0, 0.1) is 0 Å². The lowest BCUT2D eigenvalue weighted by atomic mass is 9.97. The number of piperidine rings is 1. The van der Waals surface area contributed by atoms with E-state index in [2.05, 4.69) is 33.7 Å². The molecule has 1 aromatic heterocycles. The average molecular weight is 262 g/mol. The Hall–Kier alpha value is -0.870. The summed E-state index contributed by atoms with van der Waals surface area (Å²) >= 11 is 0. The lowest BCUT2D eigenvalue weighted by Gasteiger charge is -2.39. The van der Waals surface area contributed by atoms with Crippen LogP contribution in [0.2, 0.25) is 0 Å². The summed E-state index contributed by atoms with van der Waals surface area (Å²) in [6.07, 6.45) is 10.5. The Balaban J connectivity index is 1.57. The third-order valence-electron chi connectivity index (χ3n) is 4.89. The molecule has 106 valence electrons. The SMILES string of the molecule is CCNC1CC2CCC(C1)N2CCc1nccn1C. The van der Waals surface area contributed by atoms with Crippen molar-refractivity contribution in [1.82, 2.24) is 19.8 Å². The summed E-state index contributed by atoms with van der Waals surface area (Å²) in [4.78, 5) is 7.19. The Bertz CT molecular complexity index is 400. The zero-order valence-electron chi connectivity index (χ0n) is 12.2. The Kier molecular flexibility index (Phi) is 3.89. The van der Waals surface area contributed by atoms with Crippen LogP contribution in [0.5, 0.6) is 0 Å². The first-order valence-electron chi connectivity index (χ1n) is 7.73. The van der Waals surface area contributed by atoms with E-state index in [4.69, 9.17) is 0 Å². The Morgan fingerprint density at radius 2 is 2.05 bits per heavy atom. The number of hydrogen-bond acceptors (Lipinski definition) is 3. The molecule has 2 unspecified atom stereocenters. The van der Waals surface area contributed by atoms with Crippen molar-refractivity contribution in [3.63, 3.8) is 0 Å². The van der Waals surface area contributed by atoms with Crippen LogP contribution in [-0.2, 0) is 13.5 Å². The molecule has 2 fully saturated rings. The zero-order valence-corrected chi connectivity index (χ0v) is 12.2. The van der Waals surface area contributed by atoms with Gasteiger partial charge in [-0.3, -0.25) is 4.90 Å². The summed E-state index contributed by atoms with van der Waals surface area (Å²) in [5.74, 6) is 1.22. The van der Waals surface area contributed by atoms with Gasteiger partial charge in [-0.25, -0.2) is 4.98 Å². The van der Waals surface area contributed by atoms with Gasteiger partial charge in [-0.1, -0.05) is 6.92 Å². The highest BCUT2D eigenvalue weighted by Crippen LogP contribution is 2.35. The predicted octanol–water partition coefficient (Wildman–Crippen LogP) is 1.57. The van der Waals surface area contributed by atoms with E-state index in [-0.39, 0.29) is 0 Å². The average Bonchev–Trinajstić information content (AvgIpc) is 2.89. The molecule has 1 N–H and O–H groups in total. The standard InChI is InChI=1S/C15H26N4/c1-3-16-12-10-13-4-5-14(11-12)19(13)8-6-15-17-7-9-18(15)2/h7,9,12-14,16H,3-6,8,10-11H2,1-2H3. The first kappa shape index (κ1) is 13.1. The molecule has 0 amide bonds. The van der Waals surface area contributed by atoms with E-state index in [0.29, 0.717) is 0 Å². The normalized spacial score (nSPS) is 30.9.